The molecule has 2 N–H and O–H groups in total. The van der Waals surface area contributed by atoms with Crippen molar-refractivity contribution >= 4 is 29.9 Å². The van der Waals surface area contributed by atoms with Gasteiger partial charge in [-0.25, -0.2) is 0 Å². The molecule has 29 heavy (non-hydrogen) atoms. The lowest BCUT2D eigenvalue weighted by atomic mass is 9.98. The number of piperidine rings is 1. The number of likely N-dealkylation sites (tertiary alicyclic amines) is 1. The van der Waals surface area contributed by atoms with Crippen molar-refractivity contribution in [2.24, 2.45) is 4.99 Å². The lowest BCUT2D eigenvalue weighted by Gasteiger charge is -2.41. The summed E-state index contributed by atoms with van der Waals surface area (Å²) in [6.07, 6.45) is 7.78. The van der Waals surface area contributed by atoms with Gasteiger partial charge in [-0.05, 0) is 57.0 Å². The third-order valence-electron chi connectivity index (χ3n) is 5.48. The minimum absolute atomic E-state index is 0. The largest absolute Gasteiger partial charge is 0.355 e. The fraction of sp³-hybridized carbons (Fsp3) is 0.545. The minimum Gasteiger partial charge on any atom is -0.355 e. The Morgan fingerprint density at radius 2 is 1.86 bits per heavy atom. The van der Waals surface area contributed by atoms with Gasteiger partial charge in [0.2, 0.25) is 0 Å². The molecule has 0 amide bonds. The molecule has 1 aromatic heterocycles. The van der Waals surface area contributed by atoms with Crippen molar-refractivity contribution in [1.29, 1.82) is 0 Å². The Labute approximate surface area is 192 Å². The average Bonchev–Trinajstić information content (AvgIpc) is 3.22. The molecule has 0 spiro atoms. The van der Waals surface area contributed by atoms with Crippen molar-refractivity contribution in [3.05, 3.63) is 53.9 Å². The maximum atomic E-state index is 4.40. The first kappa shape index (κ1) is 23.7. The second-order valence-electron chi connectivity index (χ2n) is 8.16. The summed E-state index contributed by atoms with van der Waals surface area (Å²) in [5.74, 6) is 0.850. The zero-order chi connectivity index (χ0) is 19.8. The molecule has 0 aliphatic carbocycles. The summed E-state index contributed by atoms with van der Waals surface area (Å²) >= 11 is 0. The number of hydrogen-bond donors (Lipinski definition) is 2. The van der Waals surface area contributed by atoms with E-state index in [1.165, 1.54) is 43.5 Å². The molecule has 1 aliphatic heterocycles. The Hall–Kier alpha value is -1.61. The lowest BCUT2D eigenvalue weighted by molar-refractivity contribution is 0.0982. The summed E-state index contributed by atoms with van der Waals surface area (Å²) in [4.78, 5) is 6.99. The summed E-state index contributed by atoms with van der Waals surface area (Å²) in [5.41, 5.74) is 2.61. The maximum Gasteiger partial charge on any atom is 0.191 e. The Bertz CT molecular complexity index is 750. The smallest absolute Gasteiger partial charge is 0.191 e. The van der Waals surface area contributed by atoms with Crippen molar-refractivity contribution < 1.29 is 0 Å². The van der Waals surface area contributed by atoms with Gasteiger partial charge in [-0.2, -0.15) is 5.10 Å². The highest BCUT2D eigenvalue weighted by Crippen LogP contribution is 2.19. The van der Waals surface area contributed by atoms with Gasteiger partial charge in [0.05, 0.1) is 6.54 Å². The van der Waals surface area contributed by atoms with E-state index in [1.807, 2.05) is 30.2 Å². The highest BCUT2D eigenvalue weighted by molar-refractivity contribution is 14.0. The summed E-state index contributed by atoms with van der Waals surface area (Å²) in [6, 6.07) is 10.6. The van der Waals surface area contributed by atoms with Crippen LogP contribution in [0.15, 0.2) is 47.7 Å². The van der Waals surface area contributed by atoms with E-state index in [2.05, 4.69) is 63.7 Å². The molecule has 1 aromatic carbocycles. The van der Waals surface area contributed by atoms with Gasteiger partial charge in [-0.1, -0.05) is 30.7 Å². The number of aliphatic imine (C=N–C) groups is 1. The number of hydrogen-bond acceptors (Lipinski definition) is 3. The van der Waals surface area contributed by atoms with Crippen molar-refractivity contribution in [3.8, 4) is 0 Å². The third-order valence-corrected chi connectivity index (χ3v) is 5.48. The summed E-state index contributed by atoms with van der Waals surface area (Å²) in [5, 5.41) is 11.2. The molecule has 2 aromatic rings. The second kappa shape index (κ2) is 11.5. The topological polar surface area (TPSA) is 57.5 Å². The quantitative estimate of drug-likeness (QED) is 0.340. The molecule has 0 atom stereocenters. The molecule has 3 rings (SSSR count). The normalized spacial score (nSPS) is 15.6. The standard InChI is InChI=1S/C22H34N6.HI/c1-22(2,27-12-5-4-6-13-27)18-25-21(23-3)24-16-19-9-7-10-20(15-19)17-28-14-8-11-26-28;/h7-11,14-15H,4-6,12-13,16-18H2,1-3H3,(H2,23,24,25);1H. The van der Waals surface area contributed by atoms with Gasteiger partial charge in [0, 0.05) is 38.1 Å². The van der Waals surface area contributed by atoms with E-state index in [1.54, 1.807) is 0 Å². The summed E-state index contributed by atoms with van der Waals surface area (Å²) < 4.78 is 1.94. The second-order valence-corrected chi connectivity index (χ2v) is 8.16. The van der Waals surface area contributed by atoms with E-state index >= 15 is 0 Å². The SMILES string of the molecule is CN=C(NCc1cccc(Cn2cccn2)c1)NCC(C)(C)N1CCCCC1.I. The number of benzene rings is 1. The maximum absolute atomic E-state index is 4.40. The Morgan fingerprint density at radius 1 is 1.10 bits per heavy atom. The number of halogens is 1. The Balaban J connectivity index is 0.00000300. The number of nitrogens with zero attached hydrogens (tertiary/aromatic N) is 4. The van der Waals surface area contributed by atoms with E-state index in [9.17, 15) is 0 Å². The van der Waals surface area contributed by atoms with Crippen LogP contribution in [0.25, 0.3) is 0 Å². The van der Waals surface area contributed by atoms with Crippen LogP contribution < -0.4 is 10.6 Å². The number of guanidine groups is 1. The molecule has 160 valence electrons. The van der Waals surface area contributed by atoms with E-state index in [0.29, 0.717) is 0 Å². The van der Waals surface area contributed by atoms with Gasteiger partial charge >= 0.3 is 0 Å². The predicted octanol–water partition coefficient (Wildman–Crippen LogP) is 3.48. The molecule has 1 aliphatic rings. The van der Waals surface area contributed by atoms with Crippen LogP contribution in [0, 0.1) is 0 Å². The fourth-order valence-electron chi connectivity index (χ4n) is 3.74. The molecule has 0 radical (unpaired) electrons. The molecule has 7 heteroatoms. The van der Waals surface area contributed by atoms with Gasteiger partial charge in [0.15, 0.2) is 5.96 Å². The van der Waals surface area contributed by atoms with E-state index in [4.69, 9.17) is 0 Å². The molecule has 0 unspecified atom stereocenters. The van der Waals surface area contributed by atoms with Crippen LogP contribution in [-0.2, 0) is 13.1 Å². The zero-order valence-corrected chi connectivity index (χ0v) is 20.2. The third kappa shape index (κ3) is 7.29. The zero-order valence-electron chi connectivity index (χ0n) is 17.9. The van der Waals surface area contributed by atoms with Gasteiger partial charge in [0.25, 0.3) is 0 Å². The minimum atomic E-state index is 0. The molecule has 0 bridgehead atoms. The fourth-order valence-corrected chi connectivity index (χ4v) is 3.74. The van der Waals surface area contributed by atoms with Gasteiger partial charge < -0.3 is 10.6 Å². The average molecular weight is 510 g/mol. The van der Waals surface area contributed by atoms with E-state index < -0.39 is 0 Å². The van der Waals surface area contributed by atoms with Crippen molar-refractivity contribution in [1.82, 2.24) is 25.3 Å². The number of rotatable bonds is 7. The number of aromatic nitrogens is 2. The van der Waals surface area contributed by atoms with Crippen LogP contribution in [0.3, 0.4) is 0 Å². The molecular formula is C22H35IN6. The molecule has 0 saturated carbocycles. The van der Waals surface area contributed by atoms with Crippen molar-refractivity contribution in [3.63, 3.8) is 0 Å². The van der Waals surface area contributed by atoms with Crippen molar-refractivity contribution in [2.45, 2.75) is 51.7 Å². The van der Waals surface area contributed by atoms with Gasteiger partial charge in [-0.15, -0.1) is 24.0 Å². The highest BCUT2D eigenvalue weighted by atomic mass is 127. The first-order chi connectivity index (χ1) is 13.6. The molecule has 6 nitrogen and oxygen atoms in total. The molecule has 2 heterocycles. The first-order valence-electron chi connectivity index (χ1n) is 10.3. The highest BCUT2D eigenvalue weighted by Gasteiger charge is 2.27. The van der Waals surface area contributed by atoms with Crippen LogP contribution in [0.1, 0.15) is 44.2 Å². The van der Waals surface area contributed by atoms with Crippen molar-refractivity contribution in [2.75, 3.05) is 26.7 Å². The summed E-state index contributed by atoms with van der Waals surface area (Å²) in [6.45, 7) is 9.45. The lowest BCUT2D eigenvalue weighted by Crippen LogP contribution is -2.54. The van der Waals surface area contributed by atoms with Gasteiger partial charge in [0.1, 0.15) is 0 Å². The molecule has 1 saturated heterocycles. The molecule has 1 fully saturated rings. The Morgan fingerprint density at radius 3 is 2.55 bits per heavy atom. The molecular weight excluding hydrogens is 475 g/mol. The Kier molecular flexibility index (Phi) is 9.42. The van der Waals surface area contributed by atoms with E-state index in [-0.39, 0.29) is 29.5 Å². The van der Waals surface area contributed by atoms with Crippen LogP contribution >= 0.6 is 24.0 Å². The van der Waals surface area contributed by atoms with Crippen LogP contribution in [0.5, 0.6) is 0 Å². The summed E-state index contributed by atoms with van der Waals surface area (Å²) in [7, 11) is 1.83. The predicted molar refractivity (Wildman–Crippen MR) is 131 cm³/mol. The van der Waals surface area contributed by atoms with Crippen LogP contribution in [0.2, 0.25) is 0 Å². The number of nitrogens with one attached hydrogen (secondary N) is 2. The monoisotopic (exact) mass is 510 g/mol. The van der Waals surface area contributed by atoms with E-state index in [0.717, 1.165) is 25.6 Å². The first-order valence-corrected chi connectivity index (χ1v) is 10.3. The van der Waals surface area contributed by atoms with Gasteiger partial charge in [-0.3, -0.25) is 14.6 Å². The van der Waals surface area contributed by atoms with Crippen LogP contribution in [0.4, 0.5) is 0 Å². The van der Waals surface area contributed by atoms with Crippen LogP contribution in [-0.4, -0.2) is 52.9 Å².